The zero-order chi connectivity index (χ0) is 54.6. The Bertz CT molecular complexity index is 2010. The maximum absolute atomic E-state index is 14.0. The van der Waals surface area contributed by atoms with Crippen molar-refractivity contribution < 1.29 is 33.3 Å². The van der Waals surface area contributed by atoms with E-state index >= 15 is 0 Å². The van der Waals surface area contributed by atoms with Crippen molar-refractivity contribution in [3.05, 3.63) is 96.1 Å². The normalized spacial score (nSPS) is 12.0. The summed E-state index contributed by atoms with van der Waals surface area (Å²) < 4.78 is 31.1. The van der Waals surface area contributed by atoms with Gasteiger partial charge in [-0.25, -0.2) is 4.79 Å². The largest absolute Gasteiger partial charge is 0.494 e. The van der Waals surface area contributed by atoms with Gasteiger partial charge in [0.25, 0.3) is 5.91 Å². The Kier molecular flexibility index (Phi) is 36.2. The van der Waals surface area contributed by atoms with Crippen molar-refractivity contribution in [3.8, 4) is 28.7 Å². The van der Waals surface area contributed by atoms with E-state index in [4.69, 9.17) is 35.9 Å². The number of amides is 1. The number of carbonyl (C=O) groups is 2. The molecule has 2 N–H and O–H groups in total. The second-order valence-electron chi connectivity index (χ2n) is 21.4. The van der Waals surface area contributed by atoms with Crippen LogP contribution in [0.2, 0.25) is 0 Å². The van der Waals surface area contributed by atoms with E-state index in [1.165, 1.54) is 167 Å². The first-order valence-electron chi connectivity index (χ1n) is 31.0. The van der Waals surface area contributed by atoms with E-state index in [9.17, 15) is 9.59 Å². The van der Waals surface area contributed by atoms with Crippen LogP contribution in [0.1, 0.15) is 260 Å². The van der Waals surface area contributed by atoms with E-state index < -0.39 is 5.97 Å². The minimum absolute atomic E-state index is 0.127. The third-order valence-electron chi connectivity index (χ3n) is 14.5. The fourth-order valence-electron chi connectivity index (χ4n) is 9.69. The van der Waals surface area contributed by atoms with Gasteiger partial charge in [0.15, 0.2) is 16.6 Å². The predicted molar refractivity (Wildman–Crippen MR) is 326 cm³/mol. The topological polar surface area (TPSA) is 104 Å². The Hall–Kier alpha value is -4.83. The summed E-state index contributed by atoms with van der Waals surface area (Å²) in [7, 11) is 0. The second-order valence-corrected chi connectivity index (χ2v) is 21.8. The lowest BCUT2D eigenvalue weighted by atomic mass is 10.0. The molecule has 0 aromatic heterocycles. The number of nitrogens with one attached hydrogen (secondary N) is 2. The van der Waals surface area contributed by atoms with Crippen LogP contribution in [0, 0.1) is 5.92 Å². The Balaban J connectivity index is 1.26. The van der Waals surface area contributed by atoms with Crippen molar-refractivity contribution in [2.75, 3.05) is 31.7 Å². The average Bonchev–Trinajstić information content (AvgIpc) is 3.96. The molecule has 3 aromatic rings. The number of allylic oxidation sites excluding steroid dienone is 4. The summed E-state index contributed by atoms with van der Waals surface area (Å²) in [5.41, 5.74) is 1.43. The van der Waals surface area contributed by atoms with Crippen molar-refractivity contribution in [2.24, 2.45) is 5.92 Å². The number of esters is 1. The number of carbonyl (C=O) groups excluding carboxylic acids is 2. The molecule has 0 spiro atoms. The van der Waals surface area contributed by atoms with Gasteiger partial charge in [-0.05, 0) is 111 Å². The summed E-state index contributed by atoms with van der Waals surface area (Å²) in [4.78, 5) is 27.0. The van der Waals surface area contributed by atoms with E-state index in [-0.39, 0.29) is 11.0 Å². The van der Waals surface area contributed by atoms with Gasteiger partial charge in [0.05, 0.1) is 32.0 Å². The number of hydrogen-bond acceptors (Lipinski definition) is 8. The van der Waals surface area contributed by atoms with Gasteiger partial charge in [0.1, 0.15) is 11.5 Å². The standard InChI is InChI=1S/C67H102N2O7S/c1-4-7-10-13-16-23-29-36-51-73-62-54-58(55-63(74-52-37-30-24-17-14-11-8-5-2)64(62)75-53-38-31-25-18-15-12-9-6-3)65(70)69-67(77)68-59-44-48-61(49-45-59)76-66(71)57-42-46-60(47-43-57)72-50-35-28-26-21-19-20-22-27-32-39-56-40-33-34-41-56/h33-34,40-49,54-56H,4-32,35-39,50-53H2,1-3H3,(H2,68,69,70,77). The van der Waals surface area contributed by atoms with Gasteiger partial charge in [-0.15, -0.1) is 0 Å². The second kappa shape index (κ2) is 43.1. The zero-order valence-corrected chi connectivity index (χ0v) is 49.1. The first kappa shape index (κ1) is 64.7. The molecule has 1 amide bonds. The highest BCUT2D eigenvalue weighted by Crippen LogP contribution is 2.40. The molecule has 10 heteroatoms. The molecule has 0 heterocycles. The van der Waals surface area contributed by atoms with Crippen LogP contribution in [0.15, 0.2) is 85.0 Å². The molecule has 0 unspecified atom stereocenters. The Morgan fingerprint density at radius 2 is 0.831 bits per heavy atom. The van der Waals surface area contributed by atoms with E-state index in [1.54, 1.807) is 48.5 Å². The van der Waals surface area contributed by atoms with Gasteiger partial charge in [0, 0.05) is 11.3 Å². The minimum atomic E-state index is -0.463. The maximum Gasteiger partial charge on any atom is 0.343 e. The van der Waals surface area contributed by atoms with Crippen LogP contribution in [-0.2, 0) is 0 Å². The number of anilines is 1. The summed E-state index contributed by atoms with van der Waals surface area (Å²) in [6, 6.07) is 17.5. The van der Waals surface area contributed by atoms with E-state index in [1.807, 2.05) is 12.1 Å². The molecule has 428 valence electrons. The molecule has 0 atom stereocenters. The Morgan fingerprint density at radius 3 is 1.29 bits per heavy atom. The smallest absolute Gasteiger partial charge is 0.343 e. The van der Waals surface area contributed by atoms with Crippen LogP contribution in [0.5, 0.6) is 28.7 Å². The van der Waals surface area contributed by atoms with Crippen LogP contribution in [0.4, 0.5) is 5.69 Å². The zero-order valence-electron chi connectivity index (χ0n) is 48.3. The van der Waals surface area contributed by atoms with Crippen LogP contribution >= 0.6 is 12.2 Å². The van der Waals surface area contributed by atoms with Crippen LogP contribution in [0.25, 0.3) is 0 Å². The van der Waals surface area contributed by atoms with Crippen LogP contribution in [0.3, 0.4) is 0 Å². The highest BCUT2D eigenvalue weighted by Gasteiger charge is 2.20. The molecule has 3 aromatic carbocycles. The SMILES string of the molecule is CCCCCCCCCCOc1cc(C(=O)NC(=S)Nc2ccc(OC(=O)c3ccc(OCCCCCCCCCCCC4C=CC=C4)cc3)cc2)cc(OCCCCCCCCCC)c1OCCCCCCCCCC. The Labute approximate surface area is 472 Å². The average molecular weight is 1080 g/mol. The fraction of sp³-hybridized carbons (Fsp3) is 0.627. The van der Waals surface area contributed by atoms with Crippen molar-refractivity contribution in [3.63, 3.8) is 0 Å². The van der Waals surface area contributed by atoms with E-state index in [0.717, 1.165) is 57.1 Å². The molecule has 77 heavy (non-hydrogen) atoms. The number of ether oxygens (including phenoxy) is 5. The number of unbranched alkanes of at least 4 members (excludes halogenated alkanes) is 29. The molecule has 9 nitrogen and oxygen atoms in total. The maximum atomic E-state index is 14.0. The molecule has 0 saturated carbocycles. The molecule has 0 bridgehead atoms. The van der Waals surface area contributed by atoms with Gasteiger partial charge < -0.3 is 29.0 Å². The molecule has 1 aliphatic carbocycles. The van der Waals surface area contributed by atoms with Crippen molar-refractivity contribution in [2.45, 2.75) is 239 Å². The predicted octanol–water partition coefficient (Wildman–Crippen LogP) is 19.6. The lowest BCUT2D eigenvalue weighted by Gasteiger charge is -2.19. The number of rotatable bonds is 47. The molecule has 4 rings (SSSR count). The summed E-state index contributed by atoms with van der Waals surface area (Å²) in [5.74, 6) is 2.56. The lowest BCUT2D eigenvalue weighted by molar-refractivity contribution is 0.0734. The first-order chi connectivity index (χ1) is 37.9. The van der Waals surface area contributed by atoms with E-state index in [2.05, 4.69) is 55.7 Å². The van der Waals surface area contributed by atoms with Gasteiger partial charge in [-0.3, -0.25) is 10.1 Å². The highest BCUT2D eigenvalue weighted by atomic mass is 32.1. The molecule has 1 aliphatic rings. The monoisotopic (exact) mass is 1080 g/mol. The van der Waals surface area contributed by atoms with Crippen molar-refractivity contribution >= 4 is 34.9 Å². The van der Waals surface area contributed by atoms with Crippen molar-refractivity contribution in [1.82, 2.24) is 5.32 Å². The third kappa shape index (κ3) is 30.2. The third-order valence-corrected chi connectivity index (χ3v) is 14.7. The summed E-state index contributed by atoms with van der Waals surface area (Å²) in [6.45, 7) is 9.02. The number of hydrogen-bond donors (Lipinski definition) is 2. The molecular weight excluding hydrogens is 977 g/mol. The molecular formula is C67H102N2O7S. The first-order valence-corrected chi connectivity index (χ1v) is 31.4. The van der Waals surface area contributed by atoms with Crippen molar-refractivity contribution in [1.29, 1.82) is 0 Å². The quantitative estimate of drug-likeness (QED) is 0.0248. The molecule has 0 aliphatic heterocycles. The minimum Gasteiger partial charge on any atom is -0.494 e. The van der Waals surface area contributed by atoms with Gasteiger partial charge in [0.2, 0.25) is 5.75 Å². The number of benzene rings is 3. The molecule has 0 saturated heterocycles. The fourth-order valence-corrected chi connectivity index (χ4v) is 9.90. The highest BCUT2D eigenvalue weighted by molar-refractivity contribution is 7.80. The lowest BCUT2D eigenvalue weighted by Crippen LogP contribution is -2.34. The van der Waals surface area contributed by atoms with Gasteiger partial charge in [-0.2, -0.15) is 0 Å². The summed E-state index contributed by atoms with van der Waals surface area (Å²) >= 11 is 5.64. The summed E-state index contributed by atoms with van der Waals surface area (Å²) in [6.07, 6.45) is 50.4. The number of thiocarbonyl (C=S) groups is 1. The van der Waals surface area contributed by atoms with Crippen LogP contribution in [-0.4, -0.2) is 43.4 Å². The van der Waals surface area contributed by atoms with Crippen LogP contribution < -0.4 is 34.3 Å². The molecule has 0 fully saturated rings. The Morgan fingerprint density at radius 1 is 0.442 bits per heavy atom. The van der Waals surface area contributed by atoms with Gasteiger partial charge >= 0.3 is 5.97 Å². The van der Waals surface area contributed by atoms with Gasteiger partial charge in [-0.1, -0.05) is 231 Å². The summed E-state index contributed by atoms with van der Waals surface area (Å²) in [5, 5.41) is 6.09. The van der Waals surface area contributed by atoms with E-state index in [0.29, 0.717) is 72.2 Å². The molecule has 0 radical (unpaired) electrons.